The Hall–Kier alpha value is -1.63. The van der Waals surface area contributed by atoms with Gasteiger partial charge < -0.3 is 20.3 Å². The van der Waals surface area contributed by atoms with E-state index in [1.807, 2.05) is 6.07 Å². The number of carbonyl (C=O) groups excluding carboxylic acids is 1. The largest absolute Gasteiger partial charge is 0.379 e. The summed E-state index contributed by atoms with van der Waals surface area (Å²) in [6.07, 6.45) is 8.06. The first kappa shape index (κ1) is 22.2. The summed E-state index contributed by atoms with van der Waals surface area (Å²) in [5.41, 5.74) is 7.86. The predicted octanol–water partition coefficient (Wildman–Crippen LogP) is 3.49. The van der Waals surface area contributed by atoms with Gasteiger partial charge in [0.1, 0.15) is 0 Å². The van der Waals surface area contributed by atoms with Gasteiger partial charge in [-0.15, -0.1) is 0 Å². The summed E-state index contributed by atoms with van der Waals surface area (Å²) < 4.78 is 5.57. The molecule has 176 valence electrons. The number of amides is 2. The molecule has 4 aliphatic rings. The molecule has 1 aromatic rings. The van der Waals surface area contributed by atoms with E-state index in [0.29, 0.717) is 11.3 Å². The first-order chi connectivity index (χ1) is 15.6. The van der Waals surface area contributed by atoms with Crippen molar-refractivity contribution in [3.8, 4) is 0 Å². The van der Waals surface area contributed by atoms with Crippen LogP contribution in [0.25, 0.3) is 0 Å². The zero-order valence-corrected chi connectivity index (χ0v) is 19.5. The quantitative estimate of drug-likeness (QED) is 0.782. The molecule has 3 atom stereocenters. The van der Waals surface area contributed by atoms with E-state index < -0.39 is 0 Å². The highest BCUT2D eigenvalue weighted by Gasteiger charge is 2.47. The van der Waals surface area contributed by atoms with Crippen LogP contribution in [-0.2, 0) is 4.74 Å². The lowest BCUT2D eigenvalue weighted by Crippen LogP contribution is -2.57. The van der Waals surface area contributed by atoms with Crippen molar-refractivity contribution in [1.82, 2.24) is 14.7 Å². The number of nitrogens with zero attached hydrogens (tertiary/aromatic N) is 3. The number of piperidine rings is 2. The molecule has 1 saturated carbocycles. The number of likely N-dealkylation sites (tertiary alicyclic amines) is 2. The van der Waals surface area contributed by atoms with E-state index in [1.54, 1.807) is 0 Å². The Kier molecular flexibility index (Phi) is 6.72. The van der Waals surface area contributed by atoms with E-state index in [1.165, 1.54) is 37.8 Å². The van der Waals surface area contributed by atoms with Gasteiger partial charge in [-0.3, -0.25) is 4.90 Å². The highest BCUT2D eigenvalue weighted by Crippen LogP contribution is 2.49. The number of ether oxygens (including phenoxy) is 1. The van der Waals surface area contributed by atoms with E-state index in [2.05, 4.69) is 39.0 Å². The highest BCUT2D eigenvalue weighted by molar-refractivity contribution is 5.75. The van der Waals surface area contributed by atoms with Crippen molar-refractivity contribution in [2.45, 2.75) is 57.0 Å². The van der Waals surface area contributed by atoms with Crippen LogP contribution in [0.3, 0.4) is 0 Å². The lowest BCUT2D eigenvalue weighted by atomic mass is 9.69. The van der Waals surface area contributed by atoms with E-state index in [4.69, 9.17) is 10.5 Å². The van der Waals surface area contributed by atoms with Gasteiger partial charge in [0.25, 0.3) is 0 Å². The van der Waals surface area contributed by atoms with Crippen LogP contribution in [0.5, 0.6) is 0 Å². The summed E-state index contributed by atoms with van der Waals surface area (Å²) in [7, 11) is 0. The van der Waals surface area contributed by atoms with E-state index in [0.717, 1.165) is 65.2 Å². The lowest BCUT2D eigenvalue weighted by molar-refractivity contribution is -0.0145. The van der Waals surface area contributed by atoms with Gasteiger partial charge in [0, 0.05) is 45.3 Å². The fourth-order valence-electron chi connectivity index (χ4n) is 6.79. The van der Waals surface area contributed by atoms with Crippen LogP contribution in [0, 0.1) is 11.3 Å². The molecule has 3 heterocycles. The van der Waals surface area contributed by atoms with Gasteiger partial charge in [0.15, 0.2) is 0 Å². The van der Waals surface area contributed by atoms with Crippen LogP contribution in [0.2, 0.25) is 0 Å². The Bertz CT molecular complexity index is 760. The van der Waals surface area contributed by atoms with Gasteiger partial charge in [-0.1, -0.05) is 43.2 Å². The summed E-state index contributed by atoms with van der Waals surface area (Å²) in [6, 6.07) is 11.0. The Morgan fingerprint density at radius 2 is 1.78 bits per heavy atom. The average molecular weight is 441 g/mol. The van der Waals surface area contributed by atoms with Gasteiger partial charge >= 0.3 is 6.03 Å². The first-order valence-electron chi connectivity index (χ1n) is 12.8. The third-order valence-electron chi connectivity index (χ3n) is 8.64. The van der Waals surface area contributed by atoms with Crippen molar-refractivity contribution in [3.63, 3.8) is 0 Å². The minimum Gasteiger partial charge on any atom is -0.379 e. The van der Waals surface area contributed by atoms with Crippen LogP contribution in [0.1, 0.15) is 56.6 Å². The number of morpholine rings is 1. The van der Waals surface area contributed by atoms with Crippen molar-refractivity contribution >= 4 is 6.03 Å². The molecule has 6 heteroatoms. The molecule has 4 fully saturated rings. The number of hydrogen-bond donors (Lipinski definition) is 1. The molecule has 32 heavy (non-hydrogen) atoms. The number of rotatable bonds is 3. The van der Waals surface area contributed by atoms with Crippen molar-refractivity contribution in [1.29, 1.82) is 0 Å². The van der Waals surface area contributed by atoms with E-state index in [-0.39, 0.29) is 18.1 Å². The van der Waals surface area contributed by atoms with Gasteiger partial charge in [-0.05, 0) is 49.0 Å². The summed E-state index contributed by atoms with van der Waals surface area (Å²) in [6.45, 7) is 7.61. The number of hydrogen-bond acceptors (Lipinski definition) is 4. The maximum Gasteiger partial charge on any atom is 0.320 e. The van der Waals surface area contributed by atoms with Gasteiger partial charge in [-0.25, -0.2) is 4.79 Å². The number of urea groups is 1. The molecule has 0 bridgehead atoms. The normalized spacial score (nSPS) is 31.2. The second-order valence-corrected chi connectivity index (χ2v) is 10.6. The molecule has 3 saturated heterocycles. The maximum absolute atomic E-state index is 13.9. The smallest absolute Gasteiger partial charge is 0.320 e. The molecule has 2 N–H and O–H groups in total. The fraction of sp³-hybridized carbons (Fsp3) is 0.731. The molecule has 1 unspecified atom stereocenters. The molecule has 1 aromatic carbocycles. The summed E-state index contributed by atoms with van der Waals surface area (Å²) >= 11 is 0. The van der Waals surface area contributed by atoms with Gasteiger partial charge in [-0.2, -0.15) is 0 Å². The molecule has 1 aliphatic carbocycles. The molecule has 3 aliphatic heterocycles. The Morgan fingerprint density at radius 1 is 1.03 bits per heavy atom. The average Bonchev–Trinajstić information content (AvgIpc) is 3.30. The van der Waals surface area contributed by atoms with Crippen molar-refractivity contribution in [2.24, 2.45) is 17.1 Å². The molecule has 6 nitrogen and oxygen atoms in total. The number of carbonyl (C=O) groups is 1. The maximum atomic E-state index is 13.9. The molecule has 0 aromatic heterocycles. The van der Waals surface area contributed by atoms with Crippen molar-refractivity contribution < 1.29 is 9.53 Å². The van der Waals surface area contributed by atoms with Crippen LogP contribution in [0.15, 0.2) is 30.3 Å². The predicted molar refractivity (Wildman–Crippen MR) is 126 cm³/mol. The Balaban J connectivity index is 1.30. The van der Waals surface area contributed by atoms with Crippen molar-refractivity contribution in [3.05, 3.63) is 35.9 Å². The minimum atomic E-state index is 0.0954. The summed E-state index contributed by atoms with van der Waals surface area (Å²) in [5, 5.41) is 0. The molecule has 2 amide bonds. The van der Waals surface area contributed by atoms with Gasteiger partial charge in [0.05, 0.1) is 19.3 Å². The van der Waals surface area contributed by atoms with E-state index in [9.17, 15) is 4.79 Å². The zero-order valence-electron chi connectivity index (χ0n) is 19.5. The molecular formula is C26H40N4O2. The Labute approximate surface area is 193 Å². The van der Waals surface area contributed by atoms with Crippen LogP contribution >= 0.6 is 0 Å². The first-order valence-corrected chi connectivity index (χ1v) is 12.8. The topological polar surface area (TPSA) is 62.0 Å². The zero-order chi connectivity index (χ0) is 22.0. The van der Waals surface area contributed by atoms with Crippen LogP contribution < -0.4 is 5.73 Å². The highest BCUT2D eigenvalue weighted by atomic mass is 16.5. The molecule has 5 rings (SSSR count). The molecule has 0 radical (unpaired) electrons. The third-order valence-corrected chi connectivity index (χ3v) is 8.64. The monoisotopic (exact) mass is 440 g/mol. The lowest BCUT2D eigenvalue weighted by Gasteiger charge is -2.50. The van der Waals surface area contributed by atoms with E-state index >= 15 is 0 Å². The number of nitrogens with two attached hydrogens (primary N) is 1. The minimum absolute atomic E-state index is 0.0954. The summed E-state index contributed by atoms with van der Waals surface area (Å²) in [5.74, 6) is 0.701. The second-order valence-electron chi connectivity index (χ2n) is 10.6. The Morgan fingerprint density at radius 3 is 2.53 bits per heavy atom. The standard InChI is InChI=1S/C26H40N4O2/c27-23-9-13-30(24(18-23)21-6-2-1-3-7-21)25(31)29-12-8-22(19-28-14-16-32-17-15-28)26(20-29)10-4-5-11-26/h1-3,6-7,22-24H,4-5,8-20,27H2/t22?,23-,24+/m1/s1. The second kappa shape index (κ2) is 9.70. The molecular weight excluding hydrogens is 400 g/mol. The van der Waals surface area contributed by atoms with Crippen LogP contribution in [0.4, 0.5) is 4.79 Å². The SMILES string of the molecule is N[C@@H]1CCN(C(=O)N2CCC(CN3CCOCC3)C3(CCCC3)C2)[C@H](c2ccccc2)C1. The molecule has 1 spiro atoms. The summed E-state index contributed by atoms with van der Waals surface area (Å²) in [4.78, 5) is 20.8. The number of benzene rings is 1. The van der Waals surface area contributed by atoms with Gasteiger partial charge in [0.2, 0.25) is 0 Å². The fourth-order valence-corrected chi connectivity index (χ4v) is 6.79. The van der Waals surface area contributed by atoms with Crippen molar-refractivity contribution in [2.75, 3.05) is 52.5 Å². The third kappa shape index (κ3) is 4.55. The van der Waals surface area contributed by atoms with Crippen LogP contribution in [-0.4, -0.2) is 79.3 Å².